The van der Waals surface area contributed by atoms with E-state index in [-0.39, 0.29) is 39.1 Å². The molecule has 3 nitrogen and oxygen atoms in total. The molecule has 0 aliphatic carbocycles. The summed E-state index contributed by atoms with van der Waals surface area (Å²) in [6, 6.07) is 8.73. The van der Waals surface area contributed by atoms with Gasteiger partial charge in [-0.05, 0) is 24.3 Å². The van der Waals surface area contributed by atoms with E-state index in [0.717, 1.165) is 0 Å². The van der Waals surface area contributed by atoms with Crippen LogP contribution in [0.5, 0.6) is 5.75 Å². The molecular weight excluding hydrogens is 255 g/mol. The minimum Gasteiger partial charge on any atom is -0.542 e. The first-order valence-corrected chi connectivity index (χ1v) is 3.85. The molecule has 0 N–H and O–H groups in total. The maximum Gasteiger partial charge on any atom is 0.119 e. The summed E-state index contributed by atoms with van der Waals surface area (Å²) in [6.45, 7) is 0.329. The number of nitriles is 1. The van der Waals surface area contributed by atoms with E-state index in [2.05, 4.69) is 0 Å². The summed E-state index contributed by atoms with van der Waals surface area (Å²) in [5, 5.41) is 8.50. The Morgan fingerprint density at radius 2 is 2.00 bits per heavy atom. The Balaban J connectivity index is 0.00000169. The van der Waals surface area contributed by atoms with Gasteiger partial charge in [0.2, 0.25) is 0 Å². The van der Waals surface area contributed by atoms with E-state index in [1.807, 2.05) is 6.07 Å². The predicted octanol–water partition coefficient (Wildman–Crippen LogP) is 1.43. The zero-order valence-electron chi connectivity index (χ0n) is 7.56. The summed E-state index contributed by atoms with van der Waals surface area (Å²) < 4.78 is 5.17. The summed E-state index contributed by atoms with van der Waals surface area (Å²) in [5.41, 5.74) is 0.592. The normalized spacial score (nSPS) is 8.21. The van der Waals surface area contributed by atoms with Crippen LogP contribution in [-0.4, -0.2) is 12.9 Å². The molecular formula is C10H8NO2Y-. The molecule has 0 aromatic heterocycles. The van der Waals surface area contributed by atoms with Crippen molar-refractivity contribution >= 4 is 6.29 Å². The number of hydrogen-bond donors (Lipinski definition) is 0. The maximum atomic E-state index is 9.85. The van der Waals surface area contributed by atoms with Crippen molar-refractivity contribution in [1.82, 2.24) is 0 Å². The van der Waals surface area contributed by atoms with Crippen molar-refractivity contribution < 1.29 is 42.2 Å². The van der Waals surface area contributed by atoms with Crippen molar-refractivity contribution in [2.75, 3.05) is 6.61 Å². The molecule has 0 heterocycles. The summed E-state index contributed by atoms with van der Waals surface area (Å²) in [6.07, 6.45) is 2.00. The van der Waals surface area contributed by atoms with Crippen LogP contribution in [0, 0.1) is 11.3 Å². The molecule has 1 aromatic carbocycles. The Bertz CT molecular complexity index is 316. The van der Waals surface area contributed by atoms with Crippen LogP contribution >= 0.6 is 0 Å². The Labute approximate surface area is 108 Å². The molecule has 0 saturated carbocycles. The Hall–Kier alpha value is -0.716. The molecule has 0 saturated heterocycles. The average Bonchev–Trinajstić information content (AvgIpc) is 2.19. The van der Waals surface area contributed by atoms with Crippen molar-refractivity contribution in [2.24, 2.45) is 0 Å². The van der Waals surface area contributed by atoms with Crippen LogP contribution < -0.4 is 4.74 Å². The Morgan fingerprint density at radius 3 is 2.50 bits per heavy atom. The van der Waals surface area contributed by atoms with Gasteiger partial charge in [-0.25, -0.2) is 0 Å². The van der Waals surface area contributed by atoms with E-state index in [0.29, 0.717) is 17.9 Å². The first-order valence-electron chi connectivity index (χ1n) is 3.85. The van der Waals surface area contributed by atoms with Crippen LogP contribution in [0.4, 0.5) is 0 Å². The van der Waals surface area contributed by atoms with Gasteiger partial charge in [0.05, 0.1) is 18.2 Å². The largest absolute Gasteiger partial charge is 0.542 e. The molecule has 14 heavy (non-hydrogen) atoms. The zero-order chi connectivity index (χ0) is 9.52. The SMILES string of the molecule is N#Cc1ccc(OCC[C-]=O)cc1.[Y]. The first kappa shape index (κ1) is 13.3. The fraction of sp³-hybridized carbons (Fsp3) is 0.200. The van der Waals surface area contributed by atoms with Crippen molar-refractivity contribution in [3.63, 3.8) is 0 Å². The molecule has 0 atom stereocenters. The molecule has 0 aliphatic heterocycles. The average molecular weight is 263 g/mol. The van der Waals surface area contributed by atoms with Gasteiger partial charge in [-0.3, -0.25) is 6.29 Å². The second kappa shape index (κ2) is 7.67. The van der Waals surface area contributed by atoms with Gasteiger partial charge in [-0.15, -0.1) is 6.42 Å². The van der Waals surface area contributed by atoms with Crippen molar-refractivity contribution in [1.29, 1.82) is 5.26 Å². The number of rotatable bonds is 4. The number of ether oxygens (including phenoxy) is 1. The third-order valence-electron chi connectivity index (χ3n) is 1.46. The Morgan fingerprint density at radius 1 is 1.36 bits per heavy atom. The Kier molecular flexibility index (Phi) is 7.27. The van der Waals surface area contributed by atoms with Gasteiger partial charge in [-0.2, -0.15) is 5.26 Å². The molecule has 0 aliphatic rings. The maximum absolute atomic E-state index is 9.85. The molecule has 4 heteroatoms. The van der Waals surface area contributed by atoms with E-state index in [1.54, 1.807) is 30.6 Å². The monoisotopic (exact) mass is 263 g/mol. The van der Waals surface area contributed by atoms with Gasteiger partial charge in [0, 0.05) is 32.7 Å². The smallest absolute Gasteiger partial charge is 0.119 e. The second-order valence-corrected chi connectivity index (χ2v) is 2.38. The fourth-order valence-corrected chi connectivity index (χ4v) is 0.836. The zero-order valence-corrected chi connectivity index (χ0v) is 10.4. The molecule has 1 aromatic rings. The number of nitrogens with zero attached hydrogens (tertiary/aromatic N) is 1. The second-order valence-electron chi connectivity index (χ2n) is 2.38. The van der Waals surface area contributed by atoms with E-state index in [1.165, 1.54) is 0 Å². The number of benzene rings is 1. The van der Waals surface area contributed by atoms with Crippen LogP contribution in [0.1, 0.15) is 12.0 Å². The van der Waals surface area contributed by atoms with Crippen LogP contribution in [0.15, 0.2) is 24.3 Å². The quantitative estimate of drug-likeness (QED) is 0.610. The minimum absolute atomic E-state index is 0. The predicted molar refractivity (Wildman–Crippen MR) is 47.0 cm³/mol. The van der Waals surface area contributed by atoms with Crippen LogP contribution in [0.2, 0.25) is 0 Å². The number of hydrogen-bond acceptors (Lipinski definition) is 3. The molecule has 0 spiro atoms. The van der Waals surface area contributed by atoms with Crippen molar-refractivity contribution in [2.45, 2.75) is 6.42 Å². The van der Waals surface area contributed by atoms with E-state index < -0.39 is 0 Å². The molecule has 1 rings (SSSR count). The summed E-state index contributed by atoms with van der Waals surface area (Å²) in [4.78, 5) is 9.85. The van der Waals surface area contributed by atoms with Gasteiger partial charge in [0.1, 0.15) is 5.75 Å². The first-order chi connectivity index (χ1) is 6.36. The standard InChI is InChI=1S/C10H8NO2.Y/c11-8-9-2-4-10(5-3-9)13-7-1-6-12;/h2-5H,1,7H2;/q-1;. The van der Waals surface area contributed by atoms with Crippen LogP contribution in [0.25, 0.3) is 0 Å². The van der Waals surface area contributed by atoms with Crippen molar-refractivity contribution in [3.8, 4) is 11.8 Å². The van der Waals surface area contributed by atoms with Gasteiger partial charge >= 0.3 is 0 Å². The molecule has 0 amide bonds. The molecule has 69 valence electrons. The number of carbonyl (C=O) groups excluding carboxylic acids is 1. The van der Waals surface area contributed by atoms with Crippen LogP contribution in [0.3, 0.4) is 0 Å². The minimum atomic E-state index is 0. The third-order valence-corrected chi connectivity index (χ3v) is 1.46. The molecule has 0 bridgehead atoms. The van der Waals surface area contributed by atoms with Crippen molar-refractivity contribution in [3.05, 3.63) is 29.8 Å². The fourth-order valence-electron chi connectivity index (χ4n) is 0.836. The van der Waals surface area contributed by atoms with Gasteiger partial charge < -0.3 is 9.53 Å². The molecule has 0 unspecified atom stereocenters. The van der Waals surface area contributed by atoms with Gasteiger partial charge in [0.25, 0.3) is 0 Å². The molecule has 0 fully saturated rings. The summed E-state index contributed by atoms with van der Waals surface area (Å²) in [7, 11) is 0. The van der Waals surface area contributed by atoms with Gasteiger partial charge in [0.15, 0.2) is 0 Å². The third kappa shape index (κ3) is 4.50. The van der Waals surface area contributed by atoms with E-state index >= 15 is 0 Å². The summed E-state index contributed by atoms with van der Waals surface area (Å²) >= 11 is 0. The molecule has 1 radical (unpaired) electrons. The topological polar surface area (TPSA) is 50.1 Å². The summed E-state index contributed by atoms with van der Waals surface area (Å²) in [5.74, 6) is 0.661. The van der Waals surface area contributed by atoms with Crippen LogP contribution in [-0.2, 0) is 37.5 Å². The van der Waals surface area contributed by atoms with E-state index in [9.17, 15) is 4.79 Å². The van der Waals surface area contributed by atoms with Gasteiger partial charge in [-0.1, -0.05) is 0 Å². The van der Waals surface area contributed by atoms with E-state index in [4.69, 9.17) is 10.00 Å².